The van der Waals surface area contributed by atoms with Gasteiger partial charge in [0, 0.05) is 16.6 Å². The molecule has 0 spiro atoms. The summed E-state index contributed by atoms with van der Waals surface area (Å²) in [5, 5.41) is 12.4. The van der Waals surface area contributed by atoms with Crippen LogP contribution in [0.25, 0.3) is 0 Å². The van der Waals surface area contributed by atoms with Crippen LogP contribution in [0.5, 0.6) is 0 Å². The normalized spacial score (nSPS) is 21.5. The highest BCUT2D eigenvalue weighted by atomic mass is 32.2. The lowest BCUT2D eigenvalue weighted by Gasteiger charge is -2.20. The molecule has 0 bridgehead atoms. The van der Waals surface area contributed by atoms with E-state index in [2.05, 4.69) is 21.1 Å². The van der Waals surface area contributed by atoms with Gasteiger partial charge in [0.2, 0.25) is 0 Å². The van der Waals surface area contributed by atoms with Crippen molar-refractivity contribution in [1.82, 2.24) is 5.32 Å². The zero-order chi connectivity index (χ0) is 20.9. The molecule has 2 atom stereocenters. The summed E-state index contributed by atoms with van der Waals surface area (Å²) in [5.74, 6) is 0. The van der Waals surface area contributed by atoms with Gasteiger partial charge in [-0.3, -0.25) is 0 Å². The average molecular weight is 445 g/mol. The van der Waals surface area contributed by atoms with Crippen molar-refractivity contribution >= 4 is 33.0 Å². The molecule has 2 amide bonds. The largest absolute Gasteiger partial charge is 0.354 e. The van der Waals surface area contributed by atoms with Gasteiger partial charge in [0.15, 0.2) is 9.92 Å². The minimum Gasteiger partial charge on any atom is -0.317 e. The molecule has 0 radical (unpaired) electrons. The van der Waals surface area contributed by atoms with Crippen LogP contribution in [0.15, 0.2) is 20.7 Å². The van der Waals surface area contributed by atoms with Gasteiger partial charge in [-0.2, -0.15) is 0 Å². The number of rotatable bonds is 3. The van der Waals surface area contributed by atoms with Crippen LogP contribution in [0.3, 0.4) is 0 Å². The van der Waals surface area contributed by atoms with Gasteiger partial charge in [-0.1, -0.05) is 6.07 Å². The summed E-state index contributed by atoms with van der Waals surface area (Å²) in [5.41, 5.74) is 7.23. The lowest BCUT2D eigenvalue weighted by atomic mass is 9.95. The Morgan fingerprint density at radius 1 is 1.10 bits per heavy atom. The van der Waals surface area contributed by atoms with E-state index in [1.54, 1.807) is 0 Å². The summed E-state index contributed by atoms with van der Waals surface area (Å²) in [6.45, 7) is 0. The van der Waals surface area contributed by atoms with Crippen molar-refractivity contribution in [2.45, 2.75) is 68.0 Å². The van der Waals surface area contributed by atoms with Crippen LogP contribution in [0.4, 0.5) is 10.5 Å². The number of nitrogens with one attached hydrogen (secondary N) is 2. The van der Waals surface area contributed by atoms with Gasteiger partial charge in [-0.05, 0) is 98.7 Å². The number of nitrogens with two attached hydrogens (primary N) is 1. The fourth-order valence-electron chi connectivity index (χ4n) is 5.13. The molecule has 6 nitrogen and oxygen atoms in total. The summed E-state index contributed by atoms with van der Waals surface area (Å²) in [6.07, 6.45) is 9.17. The number of likely N-dealkylation sites (N-methyl/N-ethyl adjacent to an activating group) is 1. The first-order chi connectivity index (χ1) is 14.4. The van der Waals surface area contributed by atoms with Crippen LogP contribution in [0.1, 0.15) is 52.0 Å². The summed E-state index contributed by atoms with van der Waals surface area (Å²) in [7, 11) is -1.30. The van der Waals surface area contributed by atoms with E-state index in [9.17, 15) is 9.00 Å². The van der Waals surface area contributed by atoms with Crippen molar-refractivity contribution in [3.8, 4) is 0 Å². The van der Waals surface area contributed by atoms with Crippen molar-refractivity contribution in [1.29, 1.82) is 0 Å². The van der Waals surface area contributed by atoms with Gasteiger partial charge in [-0.25, -0.2) is 14.1 Å². The third-order valence-electron chi connectivity index (χ3n) is 6.69. The molecule has 30 heavy (non-hydrogen) atoms. The average Bonchev–Trinajstić information content (AvgIpc) is 3.45. The van der Waals surface area contributed by atoms with Crippen LogP contribution < -0.4 is 15.8 Å². The van der Waals surface area contributed by atoms with E-state index in [1.165, 1.54) is 44.0 Å². The standard InChI is InChI=1S/C22H28N4O2S2/c1-24-16-9-8-15-11-20(29-19(15)12-16)30(23,28)26-22(27)25-21-17-6-2-4-13(17)10-14-5-3-7-18(14)21/h10-11,16,24H,2-9,12H2,1H3,(H3,23,25,26,27,28). The van der Waals surface area contributed by atoms with Crippen LogP contribution in [0.2, 0.25) is 0 Å². The molecule has 0 aliphatic heterocycles. The minimum absolute atomic E-state index is 0.431. The molecule has 2 unspecified atom stereocenters. The number of hydrogen-bond donors (Lipinski definition) is 3. The van der Waals surface area contributed by atoms with Gasteiger partial charge in [0.1, 0.15) is 4.21 Å². The van der Waals surface area contributed by atoms with E-state index in [-0.39, 0.29) is 0 Å². The molecule has 0 saturated heterocycles. The fourth-order valence-corrected chi connectivity index (χ4v) is 7.74. The molecule has 1 aromatic heterocycles. The summed E-state index contributed by atoms with van der Waals surface area (Å²) in [4.78, 5) is 14.0. The van der Waals surface area contributed by atoms with Gasteiger partial charge in [-0.15, -0.1) is 15.7 Å². The zero-order valence-corrected chi connectivity index (χ0v) is 18.9. The van der Waals surface area contributed by atoms with E-state index in [1.807, 2.05) is 13.1 Å². The predicted octanol–water partition coefficient (Wildman–Crippen LogP) is 3.73. The van der Waals surface area contributed by atoms with Crippen molar-refractivity contribution in [3.05, 3.63) is 44.8 Å². The number of carbonyl (C=O) groups is 1. The van der Waals surface area contributed by atoms with Crippen LogP contribution >= 0.6 is 11.3 Å². The third kappa shape index (κ3) is 3.60. The van der Waals surface area contributed by atoms with Crippen molar-refractivity contribution < 1.29 is 9.00 Å². The molecule has 160 valence electrons. The number of amides is 2. The van der Waals surface area contributed by atoms with Crippen LogP contribution in [-0.4, -0.2) is 23.3 Å². The van der Waals surface area contributed by atoms with Crippen molar-refractivity contribution in [2.24, 2.45) is 9.50 Å². The number of thiophene rings is 1. The number of hydrogen-bond acceptors (Lipinski definition) is 4. The SMILES string of the molecule is CNC1CCc2cc(S(N)(=O)=NC(=O)Nc3c4c(cc5c3CCC5)CCC4)sc2C1. The Morgan fingerprint density at radius 3 is 2.47 bits per heavy atom. The molecule has 4 N–H and O–H groups in total. The molecule has 1 aromatic carbocycles. The molecule has 0 saturated carbocycles. The number of fused-ring (bicyclic) bond motifs is 3. The van der Waals surface area contributed by atoms with Crippen LogP contribution in [-0.2, 0) is 48.4 Å². The Balaban J connectivity index is 1.43. The second kappa shape index (κ2) is 7.75. The smallest absolute Gasteiger partial charge is 0.317 e. The number of urea groups is 1. The third-order valence-corrected chi connectivity index (χ3v) is 9.78. The number of benzene rings is 1. The first-order valence-corrected chi connectivity index (χ1v) is 13.2. The summed E-state index contributed by atoms with van der Waals surface area (Å²) in [6, 6.07) is 4.04. The van der Waals surface area contributed by atoms with E-state index in [4.69, 9.17) is 5.14 Å². The van der Waals surface area contributed by atoms with Crippen molar-refractivity contribution in [3.63, 3.8) is 0 Å². The maximum atomic E-state index is 13.2. The van der Waals surface area contributed by atoms with Crippen LogP contribution in [0, 0.1) is 0 Å². The Kier molecular flexibility index (Phi) is 5.21. The lowest BCUT2D eigenvalue weighted by Crippen LogP contribution is -2.30. The van der Waals surface area contributed by atoms with Crippen molar-refractivity contribution in [2.75, 3.05) is 12.4 Å². The number of carbonyl (C=O) groups excluding carboxylic acids is 1. The second-order valence-corrected chi connectivity index (χ2v) is 11.7. The highest BCUT2D eigenvalue weighted by molar-refractivity contribution is 7.93. The lowest BCUT2D eigenvalue weighted by molar-refractivity contribution is 0.260. The maximum Gasteiger partial charge on any atom is 0.354 e. The first-order valence-electron chi connectivity index (χ1n) is 10.8. The Morgan fingerprint density at radius 2 is 1.80 bits per heavy atom. The van der Waals surface area contributed by atoms with E-state index >= 15 is 0 Å². The maximum absolute atomic E-state index is 13.2. The van der Waals surface area contributed by atoms with E-state index < -0.39 is 15.9 Å². The fraction of sp³-hybridized carbons (Fsp3) is 0.500. The van der Waals surface area contributed by atoms with E-state index in [0.717, 1.165) is 63.5 Å². The van der Waals surface area contributed by atoms with Gasteiger partial charge in [0.25, 0.3) is 0 Å². The van der Waals surface area contributed by atoms with Gasteiger partial charge < -0.3 is 10.6 Å². The summed E-state index contributed by atoms with van der Waals surface area (Å²) < 4.78 is 17.6. The quantitative estimate of drug-likeness (QED) is 0.673. The zero-order valence-electron chi connectivity index (χ0n) is 17.3. The number of aryl methyl sites for hydroxylation is 3. The number of anilines is 1. The Labute approximate surface area is 182 Å². The monoisotopic (exact) mass is 444 g/mol. The molecule has 1 heterocycles. The minimum atomic E-state index is -3.26. The first kappa shape index (κ1) is 20.2. The molecular formula is C22H28N4O2S2. The molecule has 3 aliphatic rings. The van der Waals surface area contributed by atoms with Gasteiger partial charge >= 0.3 is 6.03 Å². The Hall–Kier alpha value is -1.74. The molecule has 5 rings (SSSR count). The molecular weight excluding hydrogens is 416 g/mol. The molecule has 8 heteroatoms. The van der Waals surface area contributed by atoms with Gasteiger partial charge in [0.05, 0.1) is 0 Å². The summed E-state index contributed by atoms with van der Waals surface area (Å²) >= 11 is 1.44. The predicted molar refractivity (Wildman–Crippen MR) is 122 cm³/mol. The molecule has 0 fully saturated rings. The highest BCUT2D eigenvalue weighted by Crippen LogP contribution is 2.39. The number of nitrogens with zero attached hydrogens (tertiary/aromatic N) is 1. The molecule has 2 aromatic rings. The second-order valence-electron chi connectivity index (χ2n) is 8.57. The Bertz CT molecular complexity index is 1110. The molecule has 3 aliphatic carbocycles. The topological polar surface area (TPSA) is 96.6 Å². The van der Waals surface area contributed by atoms with E-state index in [0.29, 0.717) is 10.3 Å². The highest BCUT2D eigenvalue weighted by Gasteiger charge is 2.26.